The van der Waals surface area contributed by atoms with Crippen LogP contribution >= 0.6 is 39.3 Å². The second-order valence-electron chi connectivity index (χ2n) is 4.25. The van der Waals surface area contributed by atoms with Crippen molar-refractivity contribution in [3.05, 3.63) is 27.2 Å². The van der Waals surface area contributed by atoms with Gasteiger partial charge in [-0.25, -0.2) is 17.9 Å². The molecule has 1 atom stereocenters. The molecule has 0 amide bonds. The summed E-state index contributed by atoms with van der Waals surface area (Å²) in [6.07, 6.45) is 0.768. The first kappa shape index (κ1) is 16.1. The highest BCUT2D eigenvalue weighted by atomic mass is 79.9. The van der Waals surface area contributed by atoms with Crippen LogP contribution in [-0.2, 0) is 10.0 Å². The van der Waals surface area contributed by atoms with Crippen molar-refractivity contribution in [2.24, 2.45) is 0 Å². The van der Waals surface area contributed by atoms with E-state index in [4.69, 9.17) is 16.7 Å². The molecular formula is C11H11BrClNO4S2. The lowest BCUT2D eigenvalue weighted by molar-refractivity contribution is 0.0696. The molecule has 1 aromatic carbocycles. The van der Waals surface area contributed by atoms with Gasteiger partial charge in [0.25, 0.3) is 0 Å². The van der Waals surface area contributed by atoms with Gasteiger partial charge in [-0.05, 0) is 40.2 Å². The lowest BCUT2D eigenvalue weighted by Gasteiger charge is -2.13. The van der Waals surface area contributed by atoms with E-state index >= 15 is 0 Å². The monoisotopic (exact) mass is 399 g/mol. The Bertz CT molecular complexity index is 644. The third kappa shape index (κ3) is 3.48. The highest BCUT2D eigenvalue weighted by molar-refractivity contribution is 9.10. The first-order valence-corrected chi connectivity index (χ1v) is 9.44. The average Bonchev–Trinajstić information content (AvgIpc) is 2.83. The molecule has 1 unspecified atom stereocenters. The lowest BCUT2D eigenvalue weighted by atomic mass is 10.2. The number of benzene rings is 1. The van der Waals surface area contributed by atoms with Gasteiger partial charge in [0.2, 0.25) is 10.0 Å². The summed E-state index contributed by atoms with van der Waals surface area (Å²) < 4.78 is 27.3. The highest BCUT2D eigenvalue weighted by Crippen LogP contribution is 2.30. The van der Waals surface area contributed by atoms with Gasteiger partial charge in [-0.2, -0.15) is 11.8 Å². The summed E-state index contributed by atoms with van der Waals surface area (Å²) in [4.78, 5) is 11.0. The number of halogens is 2. The minimum Gasteiger partial charge on any atom is -0.478 e. The fourth-order valence-electron chi connectivity index (χ4n) is 1.79. The molecule has 2 N–H and O–H groups in total. The number of nitrogens with one attached hydrogen (secondary N) is 1. The normalized spacial score (nSPS) is 19.2. The molecule has 20 heavy (non-hydrogen) atoms. The zero-order chi connectivity index (χ0) is 14.9. The molecule has 1 heterocycles. The molecule has 1 aliphatic rings. The minimum absolute atomic E-state index is 0.0205. The van der Waals surface area contributed by atoms with Gasteiger partial charge in [-0.3, -0.25) is 0 Å². The van der Waals surface area contributed by atoms with Crippen LogP contribution in [0.3, 0.4) is 0 Å². The SMILES string of the molecule is O=C(O)c1cc(S(=O)(=O)NC2CCSC2)cc(Br)c1Cl. The standard InChI is InChI=1S/C11H11BrClNO4S2/c12-9-4-7(3-8(10(9)13)11(15)16)20(17,18)14-6-1-2-19-5-6/h3-4,6,14H,1-2,5H2,(H,15,16). The number of hydrogen-bond acceptors (Lipinski definition) is 4. The summed E-state index contributed by atoms with van der Waals surface area (Å²) in [5.74, 6) is 0.363. The maximum Gasteiger partial charge on any atom is 0.337 e. The Morgan fingerprint density at radius 2 is 2.20 bits per heavy atom. The van der Waals surface area contributed by atoms with Crippen molar-refractivity contribution in [2.75, 3.05) is 11.5 Å². The van der Waals surface area contributed by atoms with E-state index in [9.17, 15) is 13.2 Å². The van der Waals surface area contributed by atoms with Gasteiger partial charge in [-0.1, -0.05) is 11.6 Å². The maximum atomic E-state index is 12.2. The van der Waals surface area contributed by atoms with Crippen LogP contribution in [0.25, 0.3) is 0 Å². The van der Waals surface area contributed by atoms with Crippen molar-refractivity contribution in [3.63, 3.8) is 0 Å². The van der Waals surface area contributed by atoms with E-state index in [0.29, 0.717) is 0 Å². The molecule has 0 radical (unpaired) electrons. The number of aromatic carboxylic acids is 1. The van der Waals surface area contributed by atoms with Gasteiger partial charge in [-0.15, -0.1) is 0 Å². The average molecular weight is 401 g/mol. The van der Waals surface area contributed by atoms with Gasteiger partial charge in [0.1, 0.15) is 0 Å². The van der Waals surface area contributed by atoms with Crippen molar-refractivity contribution >= 4 is 55.3 Å². The van der Waals surface area contributed by atoms with Gasteiger partial charge < -0.3 is 5.11 Å². The van der Waals surface area contributed by atoms with Crippen LogP contribution in [0, 0.1) is 0 Å². The molecule has 1 fully saturated rings. The second kappa shape index (κ2) is 6.23. The summed E-state index contributed by atoms with van der Waals surface area (Å²) in [5, 5.41) is 9.02. The molecule has 0 aromatic heterocycles. The van der Waals surface area contributed by atoms with E-state index < -0.39 is 16.0 Å². The summed E-state index contributed by atoms with van der Waals surface area (Å²) in [6.45, 7) is 0. The Balaban J connectivity index is 2.38. The molecule has 0 saturated carbocycles. The number of rotatable bonds is 4. The van der Waals surface area contributed by atoms with Gasteiger partial charge in [0.15, 0.2) is 0 Å². The second-order valence-corrected chi connectivity index (χ2v) is 8.35. The fourth-order valence-corrected chi connectivity index (χ4v) is 5.17. The molecule has 0 spiro atoms. The van der Waals surface area contributed by atoms with Crippen LogP contribution in [0.4, 0.5) is 0 Å². The van der Waals surface area contributed by atoms with E-state index in [1.165, 1.54) is 6.07 Å². The minimum atomic E-state index is -3.75. The molecule has 0 aliphatic carbocycles. The first-order chi connectivity index (χ1) is 9.31. The van der Waals surface area contributed by atoms with Gasteiger partial charge in [0.05, 0.1) is 15.5 Å². The Morgan fingerprint density at radius 1 is 1.50 bits per heavy atom. The van der Waals surface area contributed by atoms with Crippen molar-refractivity contribution < 1.29 is 18.3 Å². The summed E-state index contributed by atoms with van der Waals surface area (Å²) in [7, 11) is -3.75. The van der Waals surface area contributed by atoms with Crippen LogP contribution in [0.15, 0.2) is 21.5 Å². The molecule has 2 rings (SSSR count). The Hall–Kier alpha value is -0.280. The molecule has 0 bridgehead atoms. The van der Waals surface area contributed by atoms with Gasteiger partial charge >= 0.3 is 5.97 Å². The number of thioether (sulfide) groups is 1. The van der Waals surface area contributed by atoms with Crippen molar-refractivity contribution in [1.82, 2.24) is 4.72 Å². The topological polar surface area (TPSA) is 83.5 Å². The van der Waals surface area contributed by atoms with E-state index in [-0.39, 0.29) is 26.0 Å². The zero-order valence-electron chi connectivity index (χ0n) is 10.1. The molecule has 1 saturated heterocycles. The molecule has 9 heteroatoms. The first-order valence-electron chi connectivity index (χ1n) is 5.63. The largest absolute Gasteiger partial charge is 0.478 e. The quantitative estimate of drug-likeness (QED) is 0.811. The van der Waals surface area contributed by atoms with E-state index in [0.717, 1.165) is 24.0 Å². The third-order valence-corrected chi connectivity index (χ3v) is 6.72. The smallest absolute Gasteiger partial charge is 0.337 e. The number of hydrogen-bond donors (Lipinski definition) is 2. The number of carboxylic acids is 1. The Morgan fingerprint density at radius 3 is 2.75 bits per heavy atom. The van der Waals surface area contributed by atoms with Crippen LogP contribution in [0.5, 0.6) is 0 Å². The van der Waals surface area contributed by atoms with E-state index in [1.807, 2.05) is 0 Å². The number of carbonyl (C=O) groups is 1. The van der Waals surface area contributed by atoms with E-state index in [2.05, 4.69) is 20.7 Å². The molecule has 110 valence electrons. The Kier molecular flexibility index (Phi) is 5.01. The van der Waals surface area contributed by atoms with E-state index in [1.54, 1.807) is 11.8 Å². The van der Waals surface area contributed by atoms with Crippen LogP contribution in [0.1, 0.15) is 16.8 Å². The van der Waals surface area contributed by atoms with Crippen LogP contribution in [0.2, 0.25) is 5.02 Å². The van der Waals surface area contributed by atoms with Crippen molar-refractivity contribution in [2.45, 2.75) is 17.4 Å². The van der Waals surface area contributed by atoms with Crippen molar-refractivity contribution in [1.29, 1.82) is 0 Å². The zero-order valence-corrected chi connectivity index (χ0v) is 14.1. The lowest BCUT2D eigenvalue weighted by Crippen LogP contribution is -2.34. The molecule has 5 nitrogen and oxygen atoms in total. The van der Waals surface area contributed by atoms with Crippen molar-refractivity contribution in [3.8, 4) is 0 Å². The van der Waals surface area contributed by atoms with Gasteiger partial charge in [0, 0.05) is 16.3 Å². The summed E-state index contributed by atoms with van der Waals surface area (Å²) in [5.41, 5.74) is -0.248. The highest BCUT2D eigenvalue weighted by Gasteiger charge is 2.25. The summed E-state index contributed by atoms with van der Waals surface area (Å²) >= 11 is 10.6. The molecular weight excluding hydrogens is 390 g/mol. The molecule has 1 aromatic rings. The Labute approximate surface area is 134 Å². The predicted octanol–water partition coefficient (Wildman–Crippen LogP) is 2.58. The van der Waals surface area contributed by atoms with Crippen LogP contribution < -0.4 is 4.72 Å². The maximum absolute atomic E-state index is 12.2. The third-order valence-electron chi connectivity index (χ3n) is 2.79. The predicted molar refractivity (Wildman–Crippen MR) is 82.2 cm³/mol. The number of carboxylic acid groups (broad SMARTS) is 1. The van der Waals surface area contributed by atoms with Crippen LogP contribution in [-0.4, -0.2) is 37.0 Å². The number of sulfonamides is 1. The summed E-state index contributed by atoms with van der Waals surface area (Å²) in [6, 6.07) is 2.26. The fraction of sp³-hybridized carbons (Fsp3) is 0.364. The molecule has 1 aliphatic heterocycles.